The summed E-state index contributed by atoms with van der Waals surface area (Å²) in [7, 11) is 0. The molecule has 0 radical (unpaired) electrons. The van der Waals surface area contributed by atoms with E-state index < -0.39 is 0 Å². The van der Waals surface area contributed by atoms with Crippen LogP contribution in [0.4, 0.5) is 0 Å². The zero-order chi connectivity index (χ0) is 10.1. The average Bonchev–Trinajstić information content (AvgIpc) is 2.17. The molecule has 0 amide bonds. The van der Waals surface area contributed by atoms with E-state index in [1.807, 2.05) is 31.2 Å². The summed E-state index contributed by atoms with van der Waals surface area (Å²) in [5.41, 5.74) is 2.85. The van der Waals surface area contributed by atoms with Crippen LogP contribution in [0.2, 0.25) is 0 Å². The van der Waals surface area contributed by atoms with Gasteiger partial charge < -0.3 is 5.11 Å². The first-order chi connectivity index (χ1) is 6.70. The summed E-state index contributed by atoms with van der Waals surface area (Å²) < 4.78 is 1.16. The van der Waals surface area contributed by atoms with E-state index in [0.29, 0.717) is 0 Å². The summed E-state index contributed by atoms with van der Waals surface area (Å²) in [5.74, 6) is 0. The van der Waals surface area contributed by atoms with Crippen molar-refractivity contribution in [2.75, 3.05) is 0 Å². The minimum Gasteiger partial charge on any atom is -0.392 e. The summed E-state index contributed by atoms with van der Waals surface area (Å²) in [6.07, 6.45) is 0. The van der Waals surface area contributed by atoms with Crippen LogP contribution in [0.25, 0.3) is 10.9 Å². The molecule has 0 fully saturated rings. The van der Waals surface area contributed by atoms with Gasteiger partial charge in [0.25, 0.3) is 0 Å². The third-order valence-electron chi connectivity index (χ3n) is 2.15. The molecule has 0 saturated heterocycles. The lowest BCUT2D eigenvalue weighted by Gasteiger charge is -2.05. The lowest BCUT2D eigenvalue weighted by Crippen LogP contribution is -1.92. The average molecular weight is 299 g/mol. The van der Waals surface area contributed by atoms with Crippen molar-refractivity contribution in [1.82, 2.24) is 4.98 Å². The maximum Gasteiger partial charge on any atom is 0.0709 e. The predicted octanol–water partition coefficient (Wildman–Crippen LogP) is 2.64. The number of rotatable bonds is 1. The van der Waals surface area contributed by atoms with Gasteiger partial charge in [-0.3, -0.25) is 4.98 Å². The molecular formula is C11H10INO. The van der Waals surface area contributed by atoms with Gasteiger partial charge in [-0.25, -0.2) is 0 Å². The Kier molecular flexibility index (Phi) is 2.69. The first-order valence-electron chi connectivity index (χ1n) is 4.37. The highest BCUT2D eigenvalue weighted by Gasteiger charge is 2.03. The summed E-state index contributed by atoms with van der Waals surface area (Å²) in [6, 6.07) is 7.99. The van der Waals surface area contributed by atoms with E-state index in [2.05, 4.69) is 27.6 Å². The molecule has 0 aliphatic rings. The molecule has 1 N–H and O–H groups in total. The molecule has 1 aromatic heterocycles. The van der Waals surface area contributed by atoms with Gasteiger partial charge in [0.1, 0.15) is 0 Å². The second-order valence-corrected chi connectivity index (χ2v) is 4.49. The van der Waals surface area contributed by atoms with Gasteiger partial charge >= 0.3 is 0 Å². The van der Waals surface area contributed by atoms with Gasteiger partial charge in [-0.05, 0) is 59.3 Å². The Morgan fingerprint density at radius 2 is 2.14 bits per heavy atom. The summed E-state index contributed by atoms with van der Waals surface area (Å²) in [4.78, 5) is 4.41. The summed E-state index contributed by atoms with van der Waals surface area (Å²) in [6.45, 7) is 2.01. The molecule has 3 heteroatoms. The van der Waals surface area contributed by atoms with Gasteiger partial charge in [-0.15, -0.1) is 0 Å². The number of benzene rings is 1. The predicted molar refractivity (Wildman–Crippen MR) is 65.1 cm³/mol. The minimum absolute atomic E-state index is 0.0694. The Bertz CT molecular complexity index is 482. The van der Waals surface area contributed by atoms with Crippen LogP contribution in [0.3, 0.4) is 0 Å². The Balaban J connectivity index is 2.81. The topological polar surface area (TPSA) is 33.1 Å². The fraction of sp³-hybridized carbons (Fsp3) is 0.182. The lowest BCUT2D eigenvalue weighted by molar-refractivity contribution is 0.283. The number of fused-ring (bicyclic) bond motifs is 1. The van der Waals surface area contributed by atoms with E-state index in [4.69, 9.17) is 0 Å². The van der Waals surface area contributed by atoms with Gasteiger partial charge in [-0.1, -0.05) is 0 Å². The Morgan fingerprint density at radius 1 is 1.36 bits per heavy atom. The van der Waals surface area contributed by atoms with Gasteiger partial charge in [0.05, 0.1) is 12.1 Å². The van der Waals surface area contributed by atoms with E-state index in [0.717, 1.165) is 25.7 Å². The molecule has 0 unspecified atom stereocenters. The van der Waals surface area contributed by atoms with Gasteiger partial charge in [0, 0.05) is 14.7 Å². The molecule has 72 valence electrons. The van der Waals surface area contributed by atoms with Crippen LogP contribution in [0.15, 0.2) is 24.3 Å². The Hall–Kier alpha value is -0.680. The standard InChI is InChI=1S/C11H10INO/c1-7-4-8(6-14)10-5-9(12)2-3-11(10)13-7/h2-5,14H,6H2,1H3. The number of aromatic nitrogens is 1. The molecule has 2 nitrogen and oxygen atoms in total. The number of nitrogens with zero attached hydrogens (tertiary/aromatic N) is 1. The van der Waals surface area contributed by atoms with Gasteiger partial charge in [0.15, 0.2) is 0 Å². The minimum atomic E-state index is 0.0694. The number of halogens is 1. The van der Waals surface area contributed by atoms with E-state index in [9.17, 15) is 5.11 Å². The second kappa shape index (κ2) is 3.82. The number of hydrogen-bond donors (Lipinski definition) is 1. The third kappa shape index (κ3) is 1.74. The molecule has 1 aromatic carbocycles. The highest BCUT2D eigenvalue weighted by atomic mass is 127. The van der Waals surface area contributed by atoms with Crippen molar-refractivity contribution < 1.29 is 5.11 Å². The molecule has 0 saturated carbocycles. The Labute approximate surface area is 96.1 Å². The number of aliphatic hydroxyl groups excluding tert-OH is 1. The first-order valence-corrected chi connectivity index (χ1v) is 5.45. The maximum absolute atomic E-state index is 9.22. The number of hydrogen-bond acceptors (Lipinski definition) is 2. The smallest absolute Gasteiger partial charge is 0.0709 e. The van der Waals surface area contributed by atoms with Crippen molar-refractivity contribution in [3.05, 3.63) is 39.1 Å². The van der Waals surface area contributed by atoms with Gasteiger partial charge in [-0.2, -0.15) is 0 Å². The zero-order valence-electron chi connectivity index (χ0n) is 7.79. The monoisotopic (exact) mass is 299 g/mol. The van der Waals surface area contributed by atoms with Crippen molar-refractivity contribution in [3.8, 4) is 0 Å². The molecule has 0 atom stereocenters. The molecule has 0 bridgehead atoms. The normalized spacial score (nSPS) is 10.8. The highest BCUT2D eigenvalue weighted by Crippen LogP contribution is 2.20. The molecule has 2 aromatic rings. The van der Waals surface area contributed by atoms with E-state index >= 15 is 0 Å². The summed E-state index contributed by atoms with van der Waals surface area (Å²) in [5, 5.41) is 10.3. The molecular weight excluding hydrogens is 289 g/mol. The van der Waals surface area contributed by atoms with Crippen LogP contribution in [-0.4, -0.2) is 10.1 Å². The van der Waals surface area contributed by atoms with Gasteiger partial charge in [0.2, 0.25) is 0 Å². The molecule has 0 aliphatic heterocycles. The number of pyridine rings is 1. The van der Waals surface area contributed by atoms with Crippen LogP contribution in [0.5, 0.6) is 0 Å². The fourth-order valence-electron chi connectivity index (χ4n) is 1.55. The van der Waals surface area contributed by atoms with Crippen molar-refractivity contribution >= 4 is 33.5 Å². The van der Waals surface area contributed by atoms with E-state index in [-0.39, 0.29) is 6.61 Å². The van der Waals surface area contributed by atoms with Crippen LogP contribution < -0.4 is 0 Å². The lowest BCUT2D eigenvalue weighted by atomic mass is 10.1. The largest absolute Gasteiger partial charge is 0.392 e. The molecule has 0 aliphatic carbocycles. The fourth-order valence-corrected chi connectivity index (χ4v) is 2.04. The van der Waals surface area contributed by atoms with E-state index in [1.54, 1.807) is 0 Å². The summed E-state index contributed by atoms with van der Waals surface area (Å²) >= 11 is 2.26. The van der Waals surface area contributed by atoms with Crippen LogP contribution in [0.1, 0.15) is 11.3 Å². The molecule has 14 heavy (non-hydrogen) atoms. The highest BCUT2D eigenvalue weighted by molar-refractivity contribution is 14.1. The van der Waals surface area contributed by atoms with Crippen LogP contribution in [-0.2, 0) is 6.61 Å². The van der Waals surface area contributed by atoms with Crippen molar-refractivity contribution in [2.45, 2.75) is 13.5 Å². The first kappa shape index (κ1) is 9.86. The molecule has 2 rings (SSSR count). The molecule has 1 heterocycles. The Morgan fingerprint density at radius 3 is 2.86 bits per heavy atom. The quantitative estimate of drug-likeness (QED) is 0.821. The third-order valence-corrected chi connectivity index (χ3v) is 2.83. The van der Waals surface area contributed by atoms with Crippen molar-refractivity contribution in [1.29, 1.82) is 0 Å². The van der Waals surface area contributed by atoms with Crippen molar-refractivity contribution in [3.63, 3.8) is 0 Å². The van der Waals surface area contributed by atoms with Crippen LogP contribution in [0, 0.1) is 10.5 Å². The molecule has 0 spiro atoms. The van der Waals surface area contributed by atoms with Crippen LogP contribution >= 0.6 is 22.6 Å². The SMILES string of the molecule is Cc1cc(CO)c2cc(I)ccc2n1. The van der Waals surface area contributed by atoms with E-state index in [1.165, 1.54) is 0 Å². The second-order valence-electron chi connectivity index (χ2n) is 3.24. The van der Waals surface area contributed by atoms with Crippen molar-refractivity contribution in [2.24, 2.45) is 0 Å². The zero-order valence-corrected chi connectivity index (χ0v) is 9.95. The maximum atomic E-state index is 9.22. The number of aliphatic hydroxyl groups is 1. The number of aryl methyl sites for hydroxylation is 1.